The predicted octanol–water partition coefficient (Wildman–Crippen LogP) is 4.23. The van der Waals surface area contributed by atoms with Gasteiger partial charge in [-0.15, -0.1) is 0 Å². The zero-order valence-electron chi connectivity index (χ0n) is 15.6. The third-order valence-corrected chi connectivity index (χ3v) is 6.14. The number of aliphatic carboxylic acids is 1. The average molecular weight is 450 g/mol. The van der Waals surface area contributed by atoms with Gasteiger partial charge < -0.3 is 19.7 Å². The van der Waals surface area contributed by atoms with E-state index in [2.05, 4.69) is 0 Å². The van der Waals surface area contributed by atoms with Crippen molar-refractivity contribution in [1.82, 2.24) is 4.90 Å². The Labute approximate surface area is 180 Å². The lowest BCUT2D eigenvalue weighted by Crippen LogP contribution is -2.35. The maximum atomic E-state index is 12.8. The van der Waals surface area contributed by atoms with Gasteiger partial charge in [-0.25, -0.2) is 0 Å². The summed E-state index contributed by atoms with van der Waals surface area (Å²) in [6, 6.07) is 6.68. The molecule has 9 heteroatoms. The summed E-state index contributed by atoms with van der Waals surface area (Å²) < 4.78 is 5.89. The minimum absolute atomic E-state index is 0.0554. The highest BCUT2D eigenvalue weighted by atomic mass is 35.5. The molecule has 2 heterocycles. The van der Waals surface area contributed by atoms with E-state index in [4.69, 9.17) is 27.6 Å². The number of phenolic OH excluding ortho intramolecular Hbond substituents is 1. The lowest BCUT2D eigenvalue weighted by molar-refractivity contribution is -0.142. The van der Waals surface area contributed by atoms with Crippen molar-refractivity contribution in [2.45, 2.75) is 25.4 Å². The van der Waals surface area contributed by atoms with Crippen molar-refractivity contribution >= 4 is 40.1 Å². The molecule has 0 unspecified atom stereocenters. The van der Waals surface area contributed by atoms with Crippen molar-refractivity contribution in [3.63, 3.8) is 0 Å². The van der Waals surface area contributed by atoms with Gasteiger partial charge in [-0.1, -0.05) is 29.3 Å². The van der Waals surface area contributed by atoms with Gasteiger partial charge in [-0.05, 0) is 43.7 Å². The lowest BCUT2D eigenvalue weighted by Gasteiger charge is -2.22. The van der Waals surface area contributed by atoms with E-state index >= 15 is 0 Å². The fourth-order valence-corrected chi connectivity index (χ4v) is 4.19. The maximum absolute atomic E-state index is 12.8. The molecule has 7 nitrogen and oxygen atoms in total. The molecule has 1 saturated heterocycles. The first-order valence-corrected chi connectivity index (χ1v) is 9.97. The number of likely N-dealkylation sites (tertiary alicyclic amines) is 1. The van der Waals surface area contributed by atoms with E-state index in [0.29, 0.717) is 19.4 Å². The normalized spacial score (nSPS) is 16.9. The molecule has 1 aromatic heterocycles. The van der Waals surface area contributed by atoms with E-state index in [0.717, 1.165) is 0 Å². The zero-order valence-corrected chi connectivity index (χ0v) is 17.1. The number of fused-ring (bicyclic) bond motifs is 1. The summed E-state index contributed by atoms with van der Waals surface area (Å²) in [5.74, 6) is -1.90. The molecule has 4 rings (SSSR count). The first kappa shape index (κ1) is 20.5. The average Bonchev–Trinajstić information content (AvgIpc) is 3.18. The van der Waals surface area contributed by atoms with E-state index in [-0.39, 0.29) is 50.2 Å². The topological polar surface area (TPSA) is 111 Å². The van der Waals surface area contributed by atoms with Crippen molar-refractivity contribution in [3.05, 3.63) is 56.2 Å². The summed E-state index contributed by atoms with van der Waals surface area (Å²) >= 11 is 12.3. The quantitative estimate of drug-likeness (QED) is 0.546. The third-order valence-electron chi connectivity index (χ3n) is 5.32. The summed E-state index contributed by atoms with van der Waals surface area (Å²) in [5.41, 5.74) is -0.156. The molecule has 0 bridgehead atoms. The van der Waals surface area contributed by atoms with E-state index in [1.54, 1.807) is 23.1 Å². The second-order valence-corrected chi connectivity index (χ2v) is 7.90. The van der Waals surface area contributed by atoms with E-state index in [1.807, 2.05) is 0 Å². The largest absolute Gasteiger partial charge is 0.507 e. The molecule has 30 heavy (non-hydrogen) atoms. The smallest absolute Gasteiger partial charge is 0.320 e. The Balaban J connectivity index is 1.93. The van der Waals surface area contributed by atoms with Crippen LogP contribution in [0.1, 0.15) is 18.4 Å². The van der Waals surface area contributed by atoms with E-state index in [1.165, 1.54) is 12.1 Å². The van der Waals surface area contributed by atoms with Gasteiger partial charge in [0, 0.05) is 12.1 Å². The monoisotopic (exact) mass is 449 g/mol. The molecular weight excluding hydrogens is 433 g/mol. The summed E-state index contributed by atoms with van der Waals surface area (Å²) in [5, 5.41) is 30.8. The van der Waals surface area contributed by atoms with Crippen LogP contribution in [0.5, 0.6) is 11.5 Å². The number of hydrogen-bond acceptors (Lipinski definition) is 6. The maximum Gasteiger partial charge on any atom is 0.320 e. The van der Waals surface area contributed by atoms with Gasteiger partial charge >= 0.3 is 5.97 Å². The van der Waals surface area contributed by atoms with Crippen molar-refractivity contribution < 1.29 is 24.5 Å². The molecule has 0 amide bonds. The number of carboxylic acid groups (broad SMARTS) is 1. The number of carboxylic acids is 1. The van der Waals surface area contributed by atoms with Crippen LogP contribution in [0.2, 0.25) is 10.0 Å². The molecule has 3 N–H and O–H groups in total. The van der Waals surface area contributed by atoms with Crippen molar-refractivity contribution in [2.24, 2.45) is 0 Å². The van der Waals surface area contributed by atoms with Gasteiger partial charge in [-0.2, -0.15) is 0 Å². The van der Waals surface area contributed by atoms with Gasteiger partial charge in [-0.3, -0.25) is 14.5 Å². The number of rotatable bonds is 4. The number of nitrogens with zero attached hydrogens (tertiary/aromatic N) is 1. The van der Waals surface area contributed by atoms with Crippen LogP contribution >= 0.6 is 23.2 Å². The molecular formula is C21H17Cl2NO6. The number of phenols is 1. The van der Waals surface area contributed by atoms with Gasteiger partial charge in [0.15, 0.2) is 5.76 Å². The van der Waals surface area contributed by atoms with Gasteiger partial charge in [0.1, 0.15) is 17.4 Å². The SMILES string of the molecule is O=C(O)[C@@H]1CCCN1Cc1c(O)ccc2c(=O)c(O)c(-c3cccc(Cl)c3Cl)oc12. The number of halogens is 2. The molecule has 0 radical (unpaired) electrons. The van der Waals surface area contributed by atoms with Crippen LogP contribution in [0.4, 0.5) is 0 Å². The van der Waals surface area contributed by atoms with Crippen LogP contribution in [0.3, 0.4) is 0 Å². The first-order chi connectivity index (χ1) is 14.3. The first-order valence-electron chi connectivity index (χ1n) is 9.21. The van der Waals surface area contributed by atoms with Gasteiger partial charge in [0.05, 0.1) is 21.0 Å². The van der Waals surface area contributed by atoms with Gasteiger partial charge in [0.2, 0.25) is 11.2 Å². The summed E-state index contributed by atoms with van der Waals surface area (Å²) in [4.78, 5) is 26.0. The molecule has 3 aromatic rings. The van der Waals surface area contributed by atoms with Gasteiger partial charge in [0.25, 0.3) is 0 Å². The fourth-order valence-electron chi connectivity index (χ4n) is 3.81. The Bertz CT molecular complexity index is 1220. The molecule has 1 aliphatic heterocycles. The summed E-state index contributed by atoms with van der Waals surface area (Å²) in [6.07, 6.45) is 1.20. The zero-order chi connectivity index (χ0) is 21.6. The second kappa shape index (κ2) is 7.83. The van der Waals surface area contributed by atoms with E-state index in [9.17, 15) is 24.9 Å². The summed E-state index contributed by atoms with van der Waals surface area (Å²) in [7, 11) is 0. The van der Waals surface area contributed by atoms with Crippen molar-refractivity contribution in [3.8, 4) is 22.8 Å². The number of hydrogen-bond donors (Lipinski definition) is 3. The minimum atomic E-state index is -0.947. The van der Waals surface area contributed by atoms with Crippen LogP contribution in [-0.4, -0.2) is 38.8 Å². The third kappa shape index (κ3) is 3.39. The predicted molar refractivity (Wildman–Crippen MR) is 112 cm³/mol. The van der Waals surface area contributed by atoms with Crippen LogP contribution in [0, 0.1) is 0 Å². The standard InChI is InChI=1S/C21H17Cl2NO6/c22-13-4-1-3-10(16(13)23)20-18(27)17(26)11-6-7-15(25)12(19(11)30-20)9-24-8-2-5-14(24)21(28)29/h1,3-4,6-7,14,25,27H,2,5,8-9H2,(H,28,29)/t14-/m0/s1. The Morgan fingerprint density at radius 3 is 2.70 bits per heavy atom. The second-order valence-electron chi connectivity index (χ2n) is 7.12. The van der Waals surface area contributed by atoms with Crippen LogP contribution in [0.15, 0.2) is 39.5 Å². The molecule has 156 valence electrons. The molecule has 1 aliphatic rings. The Morgan fingerprint density at radius 2 is 1.97 bits per heavy atom. The van der Waals surface area contributed by atoms with Crippen LogP contribution < -0.4 is 5.43 Å². The number of benzene rings is 2. The minimum Gasteiger partial charge on any atom is -0.507 e. The summed E-state index contributed by atoms with van der Waals surface area (Å²) in [6.45, 7) is 0.596. The molecule has 2 aromatic carbocycles. The molecule has 0 aliphatic carbocycles. The lowest BCUT2D eigenvalue weighted by atomic mass is 10.1. The molecule has 0 spiro atoms. The molecule has 0 saturated carbocycles. The van der Waals surface area contributed by atoms with Crippen molar-refractivity contribution in [2.75, 3.05) is 6.54 Å². The molecule has 1 atom stereocenters. The Morgan fingerprint density at radius 1 is 1.20 bits per heavy atom. The number of aromatic hydroxyl groups is 2. The highest BCUT2D eigenvalue weighted by molar-refractivity contribution is 6.43. The fraction of sp³-hybridized carbons (Fsp3) is 0.238. The van der Waals surface area contributed by atoms with Crippen LogP contribution in [-0.2, 0) is 11.3 Å². The van der Waals surface area contributed by atoms with Crippen molar-refractivity contribution in [1.29, 1.82) is 0 Å². The Hall–Kier alpha value is -2.74. The van der Waals surface area contributed by atoms with Crippen LogP contribution in [0.25, 0.3) is 22.3 Å². The highest BCUT2D eigenvalue weighted by Gasteiger charge is 2.32. The molecule has 1 fully saturated rings. The van der Waals surface area contributed by atoms with E-state index < -0.39 is 23.2 Å². The number of carbonyl (C=O) groups is 1. The highest BCUT2D eigenvalue weighted by Crippen LogP contribution is 2.40. The Kier molecular flexibility index (Phi) is 5.36.